The molecule has 2 nitrogen and oxygen atoms in total. The van der Waals surface area contributed by atoms with E-state index in [1.165, 1.54) is 0 Å². The molecule has 1 heterocycles. The van der Waals surface area contributed by atoms with Crippen LogP contribution in [-0.2, 0) is 10.8 Å². The van der Waals surface area contributed by atoms with E-state index in [-0.39, 0.29) is 21.7 Å². The average molecular weight is 395 g/mol. The highest BCUT2D eigenvalue weighted by Crippen LogP contribution is 2.38. The van der Waals surface area contributed by atoms with Crippen molar-refractivity contribution < 1.29 is 0 Å². The standard InChI is InChI=1S/C20H36N2.3C2H6/c1-17(2,3)13-19(7,8)15-11-21-12-16(22-15)20(9,10)14-18(4,5)6;3*1-2/h11-12H,13-14H2,1-10H3;3*1-2H3. The minimum Gasteiger partial charge on any atom is -0.261 e. The van der Waals surface area contributed by atoms with Crippen LogP contribution < -0.4 is 0 Å². The summed E-state index contributed by atoms with van der Waals surface area (Å²) in [5.41, 5.74) is 2.87. The minimum atomic E-state index is 0.0407. The Labute approximate surface area is 179 Å². The fourth-order valence-corrected chi connectivity index (χ4v) is 3.85. The number of rotatable bonds is 4. The van der Waals surface area contributed by atoms with Crippen molar-refractivity contribution in [3.8, 4) is 0 Å². The molecule has 168 valence electrons. The summed E-state index contributed by atoms with van der Waals surface area (Å²) in [6.45, 7) is 34.8. The number of hydrogen-bond acceptors (Lipinski definition) is 2. The van der Waals surface area contributed by atoms with Crippen LogP contribution in [0.5, 0.6) is 0 Å². The van der Waals surface area contributed by atoms with Crippen LogP contribution in [0.25, 0.3) is 0 Å². The average Bonchev–Trinajstić information content (AvgIpc) is 2.56. The lowest BCUT2D eigenvalue weighted by Crippen LogP contribution is -2.30. The monoisotopic (exact) mass is 394 g/mol. The van der Waals surface area contributed by atoms with Gasteiger partial charge in [0, 0.05) is 23.2 Å². The van der Waals surface area contributed by atoms with Gasteiger partial charge in [-0.2, -0.15) is 0 Å². The molecule has 0 unspecified atom stereocenters. The summed E-state index contributed by atoms with van der Waals surface area (Å²) >= 11 is 0. The molecule has 0 radical (unpaired) electrons. The van der Waals surface area contributed by atoms with Gasteiger partial charge in [0.1, 0.15) is 0 Å². The summed E-state index contributed by atoms with van der Waals surface area (Å²) in [6, 6.07) is 0. The lowest BCUT2D eigenvalue weighted by atomic mass is 9.73. The fourth-order valence-electron chi connectivity index (χ4n) is 3.85. The van der Waals surface area contributed by atoms with Crippen LogP contribution in [0.3, 0.4) is 0 Å². The predicted octanol–water partition coefficient (Wildman–Crippen LogP) is 8.98. The highest BCUT2D eigenvalue weighted by Gasteiger charge is 2.32. The zero-order valence-corrected chi connectivity index (χ0v) is 22.5. The molecule has 0 aliphatic heterocycles. The molecule has 0 aliphatic rings. The van der Waals surface area contributed by atoms with Gasteiger partial charge in [0.25, 0.3) is 0 Å². The maximum absolute atomic E-state index is 5.02. The zero-order valence-electron chi connectivity index (χ0n) is 22.5. The Bertz CT molecular complexity index is 457. The molecule has 0 fully saturated rings. The van der Waals surface area contributed by atoms with Crippen molar-refractivity contribution in [1.82, 2.24) is 9.97 Å². The summed E-state index contributed by atoms with van der Waals surface area (Å²) < 4.78 is 0. The molecule has 1 aromatic heterocycles. The van der Waals surface area contributed by atoms with Crippen LogP contribution in [0.2, 0.25) is 0 Å². The van der Waals surface area contributed by atoms with Gasteiger partial charge < -0.3 is 0 Å². The van der Waals surface area contributed by atoms with Crippen LogP contribution in [0.15, 0.2) is 12.4 Å². The summed E-state index contributed by atoms with van der Waals surface area (Å²) in [5.74, 6) is 0. The van der Waals surface area contributed by atoms with Gasteiger partial charge in [-0.05, 0) is 23.7 Å². The Morgan fingerprint density at radius 1 is 0.536 bits per heavy atom. The summed E-state index contributed by atoms with van der Waals surface area (Å²) in [7, 11) is 0. The molecule has 0 amide bonds. The Balaban J connectivity index is -0.000000946. The van der Waals surface area contributed by atoms with Crippen molar-refractivity contribution in [1.29, 1.82) is 0 Å². The second-order valence-corrected chi connectivity index (χ2v) is 10.5. The van der Waals surface area contributed by atoms with E-state index in [4.69, 9.17) is 4.98 Å². The third-order valence-electron chi connectivity index (χ3n) is 3.97. The molecule has 2 heteroatoms. The van der Waals surface area contributed by atoms with E-state index >= 15 is 0 Å². The lowest BCUT2D eigenvalue weighted by molar-refractivity contribution is 0.269. The van der Waals surface area contributed by atoms with Crippen LogP contribution in [0.4, 0.5) is 0 Å². The summed E-state index contributed by atoms with van der Waals surface area (Å²) in [4.78, 5) is 9.54. The molecular weight excluding hydrogens is 340 g/mol. The second kappa shape index (κ2) is 13.3. The van der Waals surface area contributed by atoms with Gasteiger partial charge in [0.15, 0.2) is 0 Å². The third-order valence-corrected chi connectivity index (χ3v) is 3.97. The van der Waals surface area contributed by atoms with E-state index in [2.05, 4.69) is 74.2 Å². The molecular formula is C26H54N2. The van der Waals surface area contributed by atoms with Gasteiger partial charge >= 0.3 is 0 Å². The minimum absolute atomic E-state index is 0.0407. The van der Waals surface area contributed by atoms with E-state index in [9.17, 15) is 0 Å². The number of aromatic nitrogens is 2. The molecule has 1 aromatic rings. The quantitative estimate of drug-likeness (QED) is 0.509. The van der Waals surface area contributed by atoms with E-state index in [0.29, 0.717) is 0 Å². The molecule has 0 aromatic carbocycles. The largest absolute Gasteiger partial charge is 0.261 e. The summed E-state index contributed by atoms with van der Waals surface area (Å²) in [6.07, 6.45) is 6.08. The van der Waals surface area contributed by atoms with E-state index in [0.717, 1.165) is 24.2 Å². The fraction of sp³-hybridized carbons (Fsp3) is 0.846. The topological polar surface area (TPSA) is 25.8 Å². The highest BCUT2D eigenvalue weighted by molar-refractivity contribution is 5.19. The van der Waals surface area contributed by atoms with Crippen LogP contribution in [-0.4, -0.2) is 9.97 Å². The van der Waals surface area contributed by atoms with Gasteiger partial charge in [0.2, 0.25) is 0 Å². The molecule has 28 heavy (non-hydrogen) atoms. The molecule has 0 saturated heterocycles. The Kier molecular flexibility index (Phi) is 15.1. The van der Waals surface area contributed by atoms with E-state index in [1.54, 1.807) is 0 Å². The van der Waals surface area contributed by atoms with Crippen molar-refractivity contribution in [3.05, 3.63) is 23.8 Å². The van der Waals surface area contributed by atoms with Crippen LogP contribution in [0.1, 0.15) is 135 Å². The number of hydrogen-bond donors (Lipinski definition) is 0. The predicted molar refractivity (Wildman–Crippen MR) is 130 cm³/mol. The van der Waals surface area contributed by atoms with Crippen molar-refractivity contribution in [2.45, 2.75) is 134 Å². The van der Waals surface area contributed by atoms with Gasteiger partial charge in [-0.15, -0.1) is 0 Å². The highest BCUT2D eigenvalue weighted by atomic mass is 14.8. The summed E-state index contributed by atoms with van der Waals surface area (Å²) in [5, 5.41) is 0. The maximum atomic E-state index is 5.02. The van der Waals surface area contributed by atoms with Crippen molar-refractivity contribution in [3.63, 3.8) is 0 Å². The molecule has 0 bridgehead atoms. The third kappa shape index (κ3) is 13.3. The van der Waals surface area contributed by atoms with Gasteiger partial charge in [-0.1, -0.05) is 111 Å². The van der Waals surface area contributed by atoms with Crippen molar-refractivity contribution in [2.24, 2.45) is 10.8 Å². The number of nitrogens with zero attached hydrogens (tertiary/aromatic N) is 2. The van der Waals surface area contributed by atoms with Gasteiger partial charge in [-0.25, -0.2) is 0 Å². The maximum Gasteiger partial charge on any atom is 0.0646 e. The van der Waals surface area contributed by atoms with Gasteiger partial charge in [-0.3, -0.25) is 9.97 Å². The lowest BCUT2D eigenvalue weighted by Gasteiger charge is -2.34. The molecule has 0 atom stereocenters. The first-order chi connectivity index (χ1) is 12.6. The molecule has 0 aliphatic carbocycles. The van der Waals surface area contributed by atoms with Crippen LogP contribution >= 0.6 is 0 Å². The first-order valence-corrected chi connectivity index (χ1v) is 11.5. The van der Waals surface area contributed by atoms with E-state index < -0.39 is 0 Å². The molecule has 0 saturated carbocycles. The Morgan fingerprint density at radius 2 is 0.786 bits per heavy atom. The van der Waals surface area contributed by atoms with Crippen molar-refractivity contribution in [2.75, 3.05) is 0 Å². The van der Waals surface area contributed by atoms with Gasteiger partial charge in [0.05, 0.1) is 11.4 Å². The smallest absolute Gasteiger partial charge is 0.0646 e. The first kappa shape index (κ1) is 31.8. The first-order valence-electron chi connectivity index (χ1n) is 11.5. The normalized spacial score (nSPS) is 11.9. The van der Waals surface area contributed by atoms with Crippen LogP contribution in [0, 0.1) is 10.8 Å². The molecule has 0 spiro atoms. The zero-order chi connectivity index (χ0) is 23.4. The Morgan fingerprint density at radius 3 is 1.00 bits per heavy atom. The van der Waals surface area contributed by atoms with Crippen molar-refractivity contribution >= 4 is 0 Å². The second-order valence-electron chi connectivity index (χ2n) is 10.5. The Hall–Kier alpha value is -0.920. The molecule has 1 rings (SSSR count). The molecule has 0 N–H and O–H groups in total. The SMILES string of the molecule is CC.CC.CC.CC(C)(C)CC(C)(C)c1cncc(C(C)(C)CC(C)(C)C)n1. The van der Waals surface area contributed by atoms with E-state index in [1.807, 2.05) is 53.9 Å².